The first-order valence-corrected chi connectivity index (χ1v) is 4.08. The first-order valence-electron chi connectivity index (χ1n) is 4.08. The summed E-state index contributed by atoms with van der Waals surface area (Å²) in [4.78, 5) is 0. The average Bonchev–Trinajstić information content (AvgIpc) is 2.01. The Bertz CT molecular complexity index is 145. The molecule has 2 atom stereocenters. The maximum atomic E-state index is 8.27. The van der Waals surface area contributed by atoms with Crippen LogP contribution in [0.4, 0.5) is 0 Å². The van der Waals surface area contributed by atoms with Crippen LogP contribution in [0.2, 0.25) is 0 Å². The summed E-state index contributed by atoms with van der Waals surface area (Å²) in [5.41, 5.74) is 0. The minimum absolute atomic E-state index is 0.231. The average molecular weight is 155 g/mol. The Balaban J connectivity index is 3.42. The molecule has 64 valence electrons. The molecule has 0 fully saturated rings. The maximum absolute atomic E-state index is 8.27. The Hall–Kier alpha value is -0.680. The molecule has 11 heavy (non-hydrogen) atoms. The van der Waals surface area contributed by atoms with Gasteiger partial charge in [0.25, 0.3) is 0 Å². The van der Waals surface area contributed by atoms with Gasteiger partial charge in [-0.05, 0) is 13.3 Å². The molecule has 0 saturated heterocycles. The smallest absolute Gasteiger partial charge is 0.107 e. The van der Waals surface area contributed by atoms with E-state index in [9.17, 15) is 0 Å². The zero-order valence-electron chi connectivity index (χ0n) is 7.52. The number of rotatable bonds is 4. The fraction of sp³-hybridized carbons (Fsp3) is 0.778. The quantitative estimate of drug-likeness (QED) is 0.600. The second kappa shape index (κ2) is 6.06. The summed E-state index contributed by atoms with van der Waals surface area (Å²) in [6.07, 6.45) is 3.04. The molecule has 0 aliphatic rings. The number of hydrogen-bond donors (Lipinski definition) is 2. The van der Waals surface area contributed by atoms with E-state index in [4.69, 9.17) is 5.11 Å². The van der Waals surface area contributed by atoms with Crippen molar-refractivity contribution in [3.05, 3.63) is 0 Å². The summed E-state index contributed by atoms with van der Waals surface area (Å²) < 4.78 is 0. The van der Waals surface area contributed by atoms with Crippen molar-refractivity contribution in [3.63, 3.8) is 0 Å². The zero-order valence-corrected chi connectivity index (χ0v) is 7.52. The van der Waals surface area contributed by atoms with E-state index >= 15 is 0 Å². The van der Waals surface area contributed by atoms with Crippen LogP contribution in [0.1, 0.15) is 27.2 Å². The Labute approximate surface area is 69.0 Å². The van der Waals surface area contributed by atoms with Crippen molar-refractivity contribution in [1.29, 1.82) is 0 Å². The highest BCUT2D eigenvalue weighted by atomic mass is 16.2. The highest BCUT2D eigenvalue weighted by molar-refractivity contribution is 4.95. The molecule has 0 spiro atoms. The molecule has 0 saturated carbocycles. The molecule has 0 amide bonds. The van der Waals surface area contributed by atoms with Gasteiger partial charge in [0.05, 0.1) is 0 Å². The molecule has 2 nitrogen and oxygen atoms in total. The molecule has 0 aliphatic carbocycles. The minimum atomic E-state index is 0.231. The Morgan fingerprint density at radius 2 is 2.09 bits per heavy atom. The maximum Gasteiger partial charge on any atom is 0.107 e. The summed E-state index contributed by atoms with van der Waals surface area (Å²) in [5, 5.41) is 11.6. The van der Waals surface area contributed by atoms with Crippen LogP contribution >= 0.6 is 0 Å². The molecule has 2 heteroatoms. The first-order chi connectivity index (χ1) is 5.20. The van der Waals surface area contributed by atoms with Gasteiger partial charge in [-0.25, -0.2) is 0 Å². The molecule has 2 unspecified atom stereocenters. The molecule has 0 aliphatic heterocycles. The normalized spacial score (nSPS) is 14.8. The standard InChI is InChI=1S/C9H17NO/c1-4-9(3)10-7-8(2)5-6-11/h8-11H,4,7H2,1-3H3. The predicted octanol–water partition coefficient (Wildman–Crippen LogP) is 1.34. The van der Waals surface area contributed by atoms with Crippen LogP contribution in [0.25, 0.3) is 0 Å². The lowest BCUT2D eigenvalue weighted by atomic mass is 10.2. The molecule has 0 heterocycles. The lowest BCUT2D eigenvalue weighted by Crippen LogP contribution is -2.29. The Kier molecular flexibility index (Phi) is 5.68. The number of hydrogen-bond acceptors (Lipinski definition) is 2. The van der Waals surface area contributed by atoms with E-state index in [0.717, 1.165) is 13.0 Å². The zero-order chi connectivity index (χ0) is 8.69. The van der Waals surface area contributed by atoms with Crippen LogP contribution in [-0.2, 0) is 0 Å². The minimum Gasteiger partial charge on any atom is -0.462 e. The highest BCUT2D eigenvalue weighted by Crippen LogP contribution is 1.92. The molecule has 0 aromatic rings. The van der Waals surface area contributed by atoms with Crippen LogP contribution in [0, 0.1) is 17.9 Å². The van der Waals surface area contributed by atoms with E-state index in [0.29, 0.717) is 6.04 Å². The summed E-state index contributed by atoms with van der Waals surface area (Å²) in [6, 6.07) is 0.540. The van der Waals surface area contributed by atoms with Crippen LogP contribution in [-0.4, -0.2) is 17.7 Å². The van der Waals surface area contributed by atoms with Gasteiger partial charge in [-0.3, -0.25) is 0 Å². The third-order valence-corrected chi connectivity index (χ3v) is 1.70. The Morgan fingerprint density at radius 1 is 1.45 bits per heavy atom. The molecular formula is C9H17NO. The molecule has 0 rings (SSSR count). The first kappa shape index (κ1) is 10.3. The van der Waals surface area contributed by atoms with E-state index in [1.165, 1.54) is 0 Å². The summed E-state index contributed by atoms with van der Waals surface area (Å²) >= 11 is 0. The SMILES string of the molecule is CCC(C)NCC(C)C#CO. The van der Waals surface area contributed by atoms with E-state index in [-0.39, 0.29) is 5.92 Å². The van der Waals surface area contributed by atoms with Gasteiger partial charge in [-0.2, -0.15) is 0 Å². The third kappa shape index (κ3) is 5.75. The summed E-state index contributed by atoms with van der Waals surface area (Å²) in [6.45, 7) is 7.11. The summed E-state index contributed by atoms with van der Waals surface area (Å²) in [7, 11) is 0. The van der Waals surface area contributed by atoms with Crippen LogP contribution < -0.4 is 5.32 Å². The van der Waals surface area contributed by atoms with E-state index in [1.807, 2.05) is 13.0 Å². The van der Waals surface area contributed by atoms with Gasteiger partial charge in [-0.1, -0.05) is 19.8 Å². The van der Waals surface area contributed by atoms with Gasteiger partial charge in [0.2, 0.25) is 0 Å². The van der Waals surface area contributed by atoms with Gasteiger partial charge < -0.3 is 10.4 Å². The van der Waals surface area contributed by atoms with E-state index in [2.05, 4.69) is 25.1 Å². The lowest BCUT2D eigenvalue weighted by molar-refractivity contribution is 0.491. The van der Waals surface area contributed by atoms with Crippen molar-refractivity contribution in [2.24, 2.45) is 5.92 Å². The van der Waals surface area contributed by atoms with Crippen molar-refractivity contribution >= 4 is 0 Å². The largest absolute Gasteiger partial charge is 0.462 e. The molecule has 0 aromatic carbocycles. The fourth-order valence-corrected chi connectivity index (χ4v) is 0.684. The fourth-order valence-electron chi connectivity index (χ4n) is 0.684. The molecule has 0 bridgehead atoms. The van der Waals surface area contributed by atoms with Gasteiger partial charge >= 0.3 is 0 Å². The molecular weight excluding hydrogens is 138 g/mol. The van der Waals surface area contributed by atoms with Gasteiger partial charge in [0, 0.05) is 18.5 Å². The van der Waals surface area contributed by atoms with Crippen LogP contribution in [0.15, 0.2) is 0 Å². The number of nitrogens with one attached hydrogen (secondary N) is 1. The third-order valence-electron chi connectivity index (χ3n) is 1.70. The highest BCUT2D eigenvalue weighted by Gasteiger charge is 2.00. The van der Waals surface area contributed by atoms with Crippen molar-refractivity contribution in [2.75, 3.05) is 6.54 Å². The second-order valence-electron chi connectivity index (χ2n) is 2.87. The van der Waals surface area contributed by atoms with Crippen molar-refractivity contribution in [2.45, 2.75) is 33.2 Å². The second-order valence-corrected chi connectivity index (χ2v) is 2.87. The van der Waals surface area contributed by atoms with Crippen molar-refractivity contribution < 1.29 is 5.11 Å². The molecule has 0 aromatic heterocycles. The summed E-state index contributed by atoms with van der Waals surface area (Å²) in [5.74, 6) is 2.90. The van der Waals surface area contributed by atoms with E-state index < -0.39 is 0 Å². The topological polar surface area (TPSA) is 32.3 Å². The molecule has 2 N–H and O–H groups in total. The lowest BCUT2D eigenvalue weighted by Gasteiger charge is -2.11. The Morgan fingerprint density at radius 3 is 2.55 bits per heavy atom. The van der Waals surface area contributed by atoms with Crippen LogP contribution in [0.5, 0.6) is 0 Å². The van der Waals surface area contributed by atoms with Gasteiger partial charge in [-0.15, -0.1) is 0 Å². The molecule has 0 radical (unpaired) electrons. The van der Waals surface area contributed by atoms with E-state index in [1.54, 1.807) is 0 Å². The van der Waals surface area contributed by atoms with Gasteiger partial charge in [0.15, 0.2) is 0 Å². The number of aliphatic hydroxyl groups excluding tert-OH is 1. The monoisotopic (exact) mass is 155 g/mol. The predicted molar refractivity (Wildman–Crippen MR) is 46.6 cm³/mol. The van der Waals surface area contributed by atoms with Gasteiger partial charge in [0.1, 0.15) is 6.11 Å². The van der Waals surface area contributed by atoms with Crippen molar-refractivity contribution in [3.8, 4) is 12.0 Å². The number of aliphatic hydroxyl groups is 1. The van der Waals surface area contributed by atoms with Crippen molar-refractivity contribution in [1.82, 2.24) is 5.32 Å². The van der Waals surface area contributed by atoms with Crippen LogP contribution in [0.3, 0.4) is 0 Å².